The van der Waals surface area contributed by atoms with E-state index in [1.807, 2.05) is 11.8 Å². The molecular weight excluding hydrogens is 322 g/mol. The molecule has 0 aliphatic carbocycles. The quantitative estimate of drug-likeness (QED) is 0.409. The van der Waals surface area contributed by atoms with Crippen LogP contribution in [-0.4, -0.2) is 52.0 Å². The Balaban J connectivity index is 1.34. The minimum absolute atomic E-state index is 0.103. The van der Waals surface area contributed by atoms with Gasteiger partial charge in [-0.1, -0.05) is 6.42 Å². The topological polar surface area (TPSA) is 105 Å². The van der Waals surface area contributed by atoms with Crippen molar-refractivity contribution in [2.45, 2.75) is 55.9 Å². The molecule has 3 atom stereocenters. The van der Waals surface area contributed by atoms with Gasteiger partial charge in [0.2, 0.25) is 0 Å². The molecule has 3 heterocycles. The van der Waals surface area contributed by atoms with Crippen molar-refractivity contribution in [2.75, 3.05) is 5.75 Å². The molecule has 3 fully saturated rings. The number of carbonyl (C=O) groups excluding carboxylic acids is 4. The highest BCUT2D eigenvalue weighted by molar-refractivity contribution is 8.00. The molecule has 0 saturated carbocycles. The van der Waals surface area contributed by atoms with Gasteiger partial charge in [-0.2, -0.15) is 11.8 Å². The normalized spacial score (nSPS) is 29.5. The predicted octanol–water partition coefficient (Wildman–Crippen LogP) is 0.319. The van der Waals surface area contributed by atoms with Gasteiger partial charge in [0, 0.05) is 30.3 Å². The highest BCUT2D eigenvalue weighted by Gasteiger charge is 2.42. The highest BCUT2D eigenvalue weighted by atomic mass is 32.2. The number of carbonyl (C=O) groups is 4. The van der Waals surface area contributed by atoms with Crippen LogP contribution in [0.25, 0.3) is 0 Å². The van der Waals surface area contributed by atoms with Crippen LogP contribution in [-0.2, 0) is 19.2 Å². The molecule has 0 bridgehead atoms. The minimum Gasteiger partial charge on any atom is -0.332 e. The summed E-state index contributed by atoms with van der Waals surface area (Å²) in [5.74, 6) is -0.557. The maximum atomic E-state index is 11.7. The van der Waals surface area contributed by atoms with Crippen LogP contribution in [0.1, 0.15) is 38.5 Å². The lowest BCUT2D eigenvalue weighted by Gasteiger charge is -2.16. The highest BCUT2D eigenvalue weighted by Crippen LogP contribution is 2.33. The Labute approximate surface area is 137 Å². The first-order valence-corrected chi connectivity index (χ1v) is 8.84. The number of urea groups is 1. The van der Waals surface area contributed by atoms with Crippen LogP contribution in [0, 0.1) is 0 Å². The van der Waals surface area contributed by atoms with Crippen molar-refractivity contribution < 1.29 is 24.0 Å². The Kier molecular flexibility index (Phi) is 4.74. The van der Waals surface area contributed by atoms with Crippen LogP contribution in [0.3, 0.4) is 0 Å². The van der Waals surface area contributed by atoms with Crippen LogP contribution < -0.4 is 10.6 Å². The molecule has 0 spiro atoms. The fourth-order valence-corrected chi connectivity index (χ4v) is 4.61. The van der Waals surface area contributed by atoms with Crippen molar-refractivity contribution >= 4 is 35.6 Å². The van der Waals surface area contributed by atoms with Gasteiger partial charge in [-0.3, -0.25) is 9.59 Å². The number of nitrogens with one attached hydrogen (secondary N) is 2. The fraction of sp³-hybridized carbons (Fsp3) is 0.714. The van der Waals surface area contributed by atoms with E-state index >= 15 is 0 Å². The number of imide groups is 1. The fourth-order valence-electron chi connectivity index (χ4n) is 3.06. The molecule has 3 aliphatic rings. The number of hydroxylamine groups is 2. The van der Waals surface area contributed by atoms with Crippen molar-refractivity contribution in [3.8, 4) is 0 Å². The number of fused-ring (bicyclic) bond motifs is 1. The summed E-state index contributed by atoms with van der Waals surface area (Å²) in [7, 11) is 0. The largest absolute Gasteiger partial charge is 0.333 e. The van der Waals surface area contributed by atoms with Crippen LogP contribution in [0.4, 0.5) is 4.79 Å². The minimum atomic E-state index is -0.554. The summed E-state index contributed by atoms with van der Waals surface area (Å²) >= 11 is 1.83. The maximum Gasteiger partial charge on any atom is 0.333 e. The van der Waals surface area contributed by atoms with E-state index in [1.165, 1.54) is 0 Å². The molecule has 0 radical (unpaired) electrons. The van der Waals surface area contributed by atoms with Gasteiger partial charge in [-0.05, 0) is 12.8 Å². The molecule has 23 heavy (non-hydrogen) atoms. The summed E-state index contributed by atoms with van der Waals surface area (Å²) < 4.78 is 0. The summed E-state index contributed by atoms with van der Waals surface area (Å²) in [6.45, 7) is 0. The summed E-state index contributed by atoms with van der Waals surface area (Å²) in [6, 6.07) is 0.266. The first-order valence-electron chi connectivity index (χ1n) is 7.80. The lowest BCUT2D eigenvalue weighted by molar-refractivity contribution is -0.197. The Morgan fingerprint density at radius 1 is 1.17 bits per heavy atom. The summed E-state index contributed by atoms with van der Waals surface area (Å²) in [5.41, 5.74) is 0. The molecule has 0 aromatic carbocycles. The van der Waals surface area contributed by atoms with Crippen LogP contribution in [0.5, 0.6) is 0 Å². The lowest BCUT2D eigenvalue weighted by Crippen LogP contribution is -2.36. The molecule has 0 aromatic heterocycles. The molecule has 0 aromatic rings. The maximum absolute atomic E-state index is 11.7. The van der Waals surface area contributed by atoms with Crippen molar-refractivity contribution in [3.05, 3.63) is 0 Å². The Morgan fingerprint density at radius 3 is 2.65 bits per heavy atom. The number of hydrogen-bond donors (Lipinski definition) is 2. The van der Waals surface area contributed by atoms with Crippen molar-refractivity contribution in [1.82, 2.24) is 15.7 Å². The molecule has 126 valence electrons. The number of hydrogen-bond acceptors (Lipinski definition) is 6. The van der Waals surface area contributed by atoms with Gasteiger partial charge in [0.1, 0.15) is 0 Å². The monoisotopic (exact) mass is 341 g/mol. The van der Waals surface area contributed by atoms with E-state index in [0.717, 1.165) is 18.6 Å². The Hall–Kier alpha value is -1.77. The van der Waals surface area contributed by atoms with Gasteiger partial charge in [0.05, 0.1) is 12.1 Å². The molecule has 4 amide bonds. The number of thioether (sulfide) groups is 1. The first kappa shape index (κ1) is 16.1. The summed E-state index contributed by atoms with van der Waals surface area (Å²) in [4.78, 5) is 50.5. The zero-order valence-electron chi connectivity index (χ0n) is 12.6. The van der Waals surface area contributed by atoms with E-state index < -0.39 is 17.8 Å². The van der Waals surface area contributed by atoms with Gasteiger partial charge < -0.3 is 15.5 Å². The lowest BCUT2D eigenvalue weighted by atomic mass is 10.0. The van der Waals surface area contributed by atoms with Gasteiger partial charge in [0.25, 0.3) is 11.8 Å². The SMILES string of the molecule is O=C1NC2CS[C@H](CCCCC(=O)ON3C(=O)CCC3=O)C2N1. The molecule has 3 aliphatic heterocycles. The molecule has 8 nitrogen and oxygen atoms in total. The third kappa shape index (κ3) is 3.60. The molecule has 3 rings (SSSR count). The molecule has 2 N–H and O–H groups in total. The second kappa shape index (κ2) is 6.77. The molecule has 9 heteroatoms. The summed E-state index contributed by atoms with van der Waals surface area (Å²) in [5, 5.41) is 6.76. The van der Waals surface area contributed by atoms with Gasteiger partial charge in [-0.25, -0.2) is 9.59 Å². The second-order valence-corrected chi connectivity index (χ2v) is 7.18. The Bertz CT molecular complexity index is 525. The zero-order valence-corrected chi connectivity index (χ0v) is 13.4. The molecular formula is C14H19N3O5S. The van der Waals surface area contributed by atoms with Crippen LogP contribution in [0.2, 0.25) is 0 Å². The van der Waals surface area contributed by atoms with E-state index in [-0.39, 0.29) is 37.4 Å². The Morgan fingerprint density at radius 2 is 1.91 bits per heavy atom. The van der Waals surface area contributed by atoms with Crippen LogP contribution in [0.15, 0.2) is 0 Å². The smallest absolute Gasteiger partial charge is 0.332 e. The van der Waals surface area contributed by atoms with E-state index in [0.29, 0.717) is 16.7 Å². The van der Waals surface area contributed by atoms with E-state index in [2.05, 4.69) is 10.6 Å². The van der Waals surface area contributed by atoms with Crippen molar-refractivity contribution in [3.63, 3.8) is 0 Å². The summed E-state index contributed by atoms with van der Waals surface area (Å²) in [6.07, 6.45) is 2.75. The van der Waals surface area contributed by atoms with Gasteiger partial charge >= 0.3 is 12.0 Å². The molecule has 2 unspecified atom stereocenters. The number of rotatable bonds is 6. The van der Waals surface area contributed by atoms with Gasteiger partial charge in [0.15, 0.2) is 0 Å². The number of amides is 4. The van der Waals surface area contributed by atoms with Crippen LogP contribution >= 0.6 is 11.8 Å². The standard InChI is InChI=1S/C14H19N3O5S/c18-10-5-6-11(19)17(10)22-12(20)4-2-1-3-9-13-8(7-23-9)15-14(21)16-13/h8-9,13H,1-7H2,(H2,15,16,21)/t8?,9-,13?/m1/s1. The second-order valence-electron chi connectivity index (χ2n) is 5.91. The average Bonchev–Trinajstić information content (AvgIpc) is 3.14. The van der Waals surface area contributed by atoms with Crippen molar-refractivity contribution in [1.29, 1.82) is 0 Å². The number of unbranched alkanes of at least 4 members (excludes halogenated alkanes) is 1. The van der Waals surface area contributed by atoms with E-state index in [4.69, 9.17) is 4.84 Å². The molecule has 3 saturated heterocycles. The average molecular weight is 341 g/mol. The number of nitrogens with zero attached hydrogens (tertiary/aromatic N) is 1. The van der Waals surface area contributed by atoms with E-state index in [1.54, 1.807) is 0 Å². The third-order valence-electron chi connectivity index (χ3n) is 4.26. The van der Waals surface area contributed by atoms with Crippen molar-refractivity contribution in [2.24, 2.45) is 0 Å². The van der Waals surface area contributed by atoms with Gasteiger partial charge in [-0.15, -0.1) is 5.06 Å². The van der Waals surface area contributed by atoms with E-state index in [9.17, 15) is 19.2 Å². The predicted molar refractivity (Wildman–Crippen MR) is 81.1 cm³/mol. The third-order valence-corrected chi connectivity index (χ3v) is 5.77. The zero-order chi connectivity index (χ0) is 16.4. The first-order chi connectivity index (χ1) is 11.0.